The van der Waals surface area contributed by atoms with Crippen molar-refractivity contribution in [3.05, 3.63) is 35.4 Å². The Morgan fingerprint density at radius 3 is 2.76 bits per heavy atom. The molecule has 1 fully saturated rings. The first-order valence-electron chi connectivity index (χ1n) is 6.50. The lowest BCUT2D eigenvalue weighted by molar-refractivity contribution is 0.240. The van der Waals surface area contributed by atoms with E-state index in [-0.39, 0.29) is 19.1 Å². The molecule has 2 rings (SSSR count). The summed E-state index contributed by atoms with van der Waals surface area (Å²) in [5.41, 5.74) is -0.106. The number of amides is 2. The third kappa shape index (κ3) is 3.25. The van der Waals surface area contributed by atoms with Crippen LogP contribution in [0.3, 0.4) is 0 Å². The van der Waals surface area contributed by atoms with E-state index in [1.54, 1.807) is 0 Å². The quantitative estimate of drug-likeness (QED) is 0.642. The largest absolute Gasteiger partial charge is 0.337 e. The number of isocyanates is 1. The van der Waals surface area contributed by atoms with Crippen molar-refractivity contribution in [1.29, 1.82) is 0 Å². The number of nitrogens with zero attached hydrogens (tertiary/aromatic N) is 1. The van der Waals surface area contributed by atoms with Crippen LogP contribution in [0.15, 0.2) is 23.2 Å². The summed E-state index contributed by atoms with van der Waals surface area (Å²) < 4.78 is 26.9. The third-order valence-electron chi connectivity index (χ3n) is 3.87. The molecule has 112 valence electrons. The summed E-state index contributed by atoms with van der Waals surface area (Å²) in [5, 5.41) is 4.96. The molecule has 2 N–H and O–H groups in total. The summed E-state index contributed by atoms with van der Waals surface area (Å²) in [6.45, 7) is 2.01. The van der Waals surface area contributed by atoms with Crippen molar-refractivity contribution < 1.29 is 18.4 Å². The maximum absolute atomic E-state index is 13.9. The van der Waals surface area contributed by atoms with Gasteiger partial charge in [0.15, 0.2) is 0 Å². The molecule has 0 aromatic heterocycles. The molecule has 0 spiro atoms. The molecule has 1 aliphatic rings. The molecule has 2 atom stereocenters. The minimum atomic E-state index is -0.628. The molecule has 1 aromatic rings. The maximum Gasteiger partial charge on any atom is 0.316 e. The van der Waals surface area contributed by atoms with E-state index in [0.717, 1.165) is 6.07 Å². The summed E-state index contributed by atoms with van der Waals surface area (Å²) in [5.74, 6) is -1.05. The molecule has 0 aliphatic heterocycles. The first-order chi connectivity index (χ1) is 9.99. The van der Waals surface area contributed by atoms with E-state index < -0.39 is 23.1 Å². The zero-order valence-corrected chi connectivity index (χ0v) is 11.5. The summed E-state index contributed by atoms with van der Waals surface area (Å²) in [6, 6.07) is 2.98. The van der Waals surface area contributed by atoms with Gasteiger partial charge in [0, 0.05) is 18.0 Å². The van der Waals surface area contributed by atoms with Crippen LogP contribution in [-0.2, 0) is 10.2 Å². The Bertz CT molecular complexity index is 602. The van der Waals surface area contributed by atoms with Crippen molar-refractivity contribution in [1.82, 2.24) is 10.6 Å². The zero-order chi connectivity index (χ0) is 15.5. The number of rotatable bonds is 5. The van der Waals surface area contributed by atoms with Crippen LogP contribution in [0.4, 0.5) is 13.6 Å². The van der Waals surface area contributed by atoms with Crippen LogP contribution in [0.25, 0.3) is 0 Å². The van der Waals surface area contributed by atoms with Crippen LogP contribution in [0, 0.1) is 17.6 Å². The Hall–Kier alpha value is -2.27. The number of hydrogen-bond acceptors (Lipinski definition) is 3. The molecule has 2 unspecified atom stereocenters. The fraction of sp³-hybridized carbons (Fsp3) is 0.429. The first-order valence-corrected chi connectivity index (χ1v) is 6.50. The van der Waals surface area contributed by atoms with Crippen LogP contribution in [0.2, 0.25) is 0 Å². The van der Waals surface area contributed by atoms with Gasteiger partial charge in [-0.2, -0.15) is 4.99 Å². The van der Waals surface area contributed by atoms with Crippen molar-refractivity contribution in [2.45, 2.75) is 18.8 Å². The van der Waals surface area contributed by atoms with Crippen LogP contribution in [0.1, 0.15) is 18.9 Å². The number of carbonyl (C=O) groups excluding carboxylic acids is 2. The zero-order valence-electron chi connectivity index (χ0n) is 11.5. The highest BCUT2D eigenvalue weighted by Crippen LogP contribution is 2.54. The lowest BCUT2D eigenvalue weighted by atomic mass is 9.93. The van der Waals surface area contributed by atoms with E-state index in [2.05, 4.69) is 15.6 Å². The molecule has 1 aromatic carbocycles. The molecule has 7 heteroatoms. The molecule has 2 amide bonds. The highest BCUT2D eigenvalue weighted by atomic mass is 19.1. The van der Waals surface area contributed by atoms with Gasteiger partial charge in [-0.25, -0.2) is 18.4 Å². The molecule has 0 saturated heterocycles. The average Bonchev–Trinajstić information content (AvgIpc) is 3.08. The fourth-order valence-electron chi connectivity index (χ4n) is 2.54. The number of aliphatic imine (C=N–C) groups is 1. The van der Waals surface area contributed by atoms with Gasteiger partial charge in [0.1, 0.15) is 18.3 Å². The van der Waals surface area contributed by atoms with Gasteiger partial charge in [-0.05, 0) is 24.0 Å². The Kier molecular flexibility index (Phi) is 4.33. The smallest absolute Gasteiger partial charge is 0.316 e. The highest BCUT2D eigenvalue weighted by molar-refractivity contribution is 5.74. The van der Waals surface area contributed by atoms with Gasteiger partial charge in [-0.1, -0.05) is 13.0 Å². The standard InChI is InChI=1S/C14H15F2N3O2/c1-9-5-14(9,6-18-13(21)19-7-17-8-20)11-3-2-10(15)4-12(11)16/h2-4,9H,5-7H2,1H3,(H2,18,19,21). The van der Waals surface area contributed by atoms with Crippen molar-refractivity contribution >= 4 is 12.1 Å². The minimum absolute atomic E-state index is 0.164. The second kappa shape index (κ2) is 6.01. The molecule has 0 heterocycles. The van der Waals surface area contributed by atoms with Gasteiger partial charge in [0.05, 0.1) is 0 Å². The van der Waals surface area contributed by atoms with E-state index >= 15 is 0 Å². The topological polar surface area (TPSA) is 70.6 Å². The SMILES string of the molecule is CC1CC1(CNC(=O)NCN=C=O)c1ccc(F)cc1F. The Labute approximate surface area is 120 Å². The third-order valence-corrected chi connectivity index (χ3v) is 3.87. The van der Waals surface area contributed by atoms with E-state index in [1.165, 1.54) is 18.2 Å². The minimum Gasteiger partial charge on any atom is -0.337 e. The Balaban J connectivity index is 2.02. The number of nitrogens with one attached hydrogen (secondary N) is 2. The van der Waals surface area contributed by atoms with Gasteiger partial charge in [-0.3, -0.25) is 0 Å². The van der Waals surface area contributed by atoms with E-state index in [1.807, 2.05) is 6.92 Å². The predicted octanol–water partition coefficient (Wildman–Crippen LogP) is 1.83. The summed E-state index contributed by atoms with van der Waals surface area (Å²) in [4.78, 5) is 24.6. The van der Waals surface area contributed by atoms with Crippen LogP contribution in [-0.4, -0.2) is 25.3 Å². The number of urea groups is 1. The maximum atomic E-state index is 13.9. The molecular formula is C14H15F2N3O2. The lowest BCUT2D eigenvalue weighted by Crippen LogP contribution is -2.40. The van der Waals surface area contributed by atoms with Crippen LogP contribution < -0.4 is 10.6 Å². The van der Waals surface area contributed by atoms with Gasteiger partial charge < -0.3 is 10.6 Å². The monoisotopic (exact) mass is 295 g/mol. The molecule has 5 nitrogen and oxygen atoms in total. The van der Waals surface area contributed by atoms with Crippen molar-refractivity contribution in [2.24, 2.45) is 10.9 Å². The van der Waals surface area contributed by atoms with Gasteiger partial charge in [0.25, 0.3) is 0 Å². The molecule has 0 radical (unpaired) electrons. The summed E-state index contributed by atoms with van der Waals surface area (Å²) in [6.07, 6.45) is 2.01. The summed E-state index contributed by atoms with van der Waals surface area (Å²) in [7, 11) is 0. The predicted molar refractivity (Wildman–Crippen MR) is 71.3 cm³/mol. The van der Waals surface area contributed by atoms with Crippen molar-refractivity contribution in [2.75, 3.05) is 13.2 Å². The number of halogens is 2. The lowest BCUT2D eigenvalue weighted by Gasteiger charge is -2.19. The van der Waals surface area contributed by atoms with Crippen LogP contribution >= 0.6 is 0 Å². The Morgan fingerprint density at radius 2 is 2.19 bits per heavy atom. The molecule has 21 heavy (non-hydrogen) atoms. The number of benzene rings is 1. The molecule has 1 aliphatic carbocycles. The average molecular weight is 295 g/mol. The normalized spacial score (nSPS) is 23.1. The second-order valence-corrected chi connectivity index (χ2v) is 5.15. The first kappa shape index (κ1) is 15.1. The fourth-order valence-corrected chi connectivity index (χ4v) is 2.54. The summed E-state index contributed by atoms with van der Waals surface area (Å²) >= 11 is 0. The van der Waals surface area contributed by atoms with Gasteiger partial charge in [0.2, 0.25) is 6.08 Å². The molecule has 0 bridgehead atoms. The van der Waals surface area contributed by atoms with E-state index in [4.69, 9.17) is 0 Å². The molecule has 1 saturated carbocycles. The van der Waals surface area contributed by atoms with E-state index in [0.29, 0.717) is 12.0 Å². The number of carbonyl (C=O) groups is 1. The van der Waals surface area contributed by atoms with Crippen molar-refractivity contribution in [3.8, 4) is 0 Å². The van der Waals surface area contributed by atoms with Crippen molar-refractivity contribution in [3.63, 3.8) is 0 Å². The second-order valence-electron chi connectivity index (χ2n) is 5.15. The van der Waals surface area contributed by atoms with Crippen LogP contribution in [0.5, 0.6) is 0 Å². The Morgan fingerprint density at radius 1 is 1.48 bits per heavy atom. The van der Waals surface area contributed by atoms with Gasteiger partial charge >= 0.3 is 6.03 Å². The van der Waals surface area contributed by atoms with Gasteiger partial charge in [-0.15, -0.1) is 0 Å². The highest BCUT2D eigenvalue weighted by Gasteiger charge is 2.53. The van der Waals surface area contributed by atoms with E-state index in [9.17, 15) is 18.4 Å². The molecular weight excluding hydrogens is 280 g/mol. The number of hydrogen-bond donors (Lipinski definition) is 2.